The van der Waals surface area contributed by atoms with Crippen LogP contribution >= 0.6 is 0 Å². The second-order valence-electron chi connectivity index (χ2n) is 5.12. The molecule has 2 rings (SSSR count). The number of rotatable bonds is 2. The summed E-state index contributed by atoms with van der Waals surface area (Å²) in [5, 5.41) is 2.12. The maximum atomic E-state index is 12.8. The van der Waals surface area contributed by atoms with Gasteiger partial charge in [-0.05, 0) is 44.0 Å². The van der Waals surface area contributed by atoms with Gasteiger partial charge in [-0.1, -0.05) is 0 Å². The van der Waals surface area contributed by atoms with Gasteiger partial charge in [0.25, 0.3) is 0 Å². The summed E-state index contributed by atoms with van der Waals surface area (Å²) in [7, 11) is -3.96. The first-order valence-corrected chi connectivity index (χ1v) is 7.81. The minimum atomic E-state index is -3.96. The number of nitrogens with two attached hydrogens (primary N) is 1. The van der Waals surface area contributed by atoms with Gasteiger partial charge in [-0.15, -0.1) is 0 Å². The Morgan fingerprint density at radius 2 is 1.76 bits per heavy atom. The van der Waals surface area contributed by atoms with Crippen molar-refractivity contribution in [2.24, 2.45) is 0 Å². The molecule has 1 fully saturated rings. The van der Waals surface area contributed by atoms with Crippen LogP contribution in [0.1, 0.15) is 18.1 Å². The number of sulfonamides is 1. The second kappa shape index (κ2) is 5.12. The number of benzene rings is 1. The van der Waals surface area contributed by atoms with E-state index in [1.165, 1.54) is 6.92 Å². The molecule has 2 amide bonds. The number of nitrogens with zero attached hydrogens (tertiary/aromatic N) is 1. The van der Waals surface area contributed by atoms with Crippen LogP contribution in [-0.2, 0) is 19.6 Å². The molecule has 0 spiro atoms. The van der Waals surface area contributed by atoms with E-state index in [1.54, 1.807) is 26.0 Å². The zero-order valence-electron chi connectivity index (χ0n) is 12.0. The van der Waals surface area contributed by atoms with Crippen LogP contribution in [0.2, 0.25) is 0 Å². The van der Waals surface area contributed by atoms with Gasteiger partial charge in [0, 0.05) is 5.69 Å². The minimum absolute atomic E-state index is 0.0889. The molecule has 21 heavy (non-hydrogen) atoms. The minimum Gasteiger partial charge on any atom is -0.399 e. The van der Waals surface area contributed by atoms with Gasteiger partial charge in [-0.25, -0.2) is 8.42 Å². The smallest absolute Gasteiger partial charge is 0.244 e. The summed E-state index contributed by atoms with van der Waals surface area (Å²) < 4.78 is 26.5. The highest BCUT2D eigenvalue weighted by Crippen LogP contribution is 2.28. The number of anilines is 1. The fourth-order valence-corrected chi connectivity index (χ4v) is 4.46. The number of hydrogen-bond acceptors (Lipinski definition) is 5. The van der Waals surface area contributed by atoms with E-state index in [2.05, 4.69) is 5.32 Å². The van der Waals surface area contributed by atoms with Crippen LogP contribution < -0.4 is 11.1 Å². The fourth-order valence-electron chi connectivity index (χ4n) is 2.49. The van der Waals surface area contributed by atoms with Crippen molar-refractivity contribution in [3.05, 3.63) is 23.3 Å². The Bertz CT molecular complexity index is 704. The summed E-state index contributed by atoms with van der Waals surface area (Å²) >= 11 is 0. The third kappa shape index (κ3) is 2.64. The third-order valence-corrected chi connectivity index (χ3v) is 5.65. The van der Waals surface area contributed by atoms with Crippen LogP contribution in [0, 0.1) is 13.8 Å². The molecule has 1 aromatic carbocycles. The highest BCUT2D eigenvalue weighted by molar-refractivity contribution is 7.89. The Balaban J connectivity index is 2.57. The zero-order valence-corrected chi connectivity index (χ0v) is 12.8. The molecular formula is C13H17N3O4S. The summed E-state index contributed by atoms with van der Waals surface area (Å²) in [6.45, 7) is 4.33. The summed E-state index contributed by atoms with van der Waals surface area (Å²) in [5.41, 5.74) is 7.13. The van der Waals surface area contributed by atoms with Crippen LogP contribution in [0.3, 0.4) is 0 Å². The maximum absolute atomic E-state index is 12.8. The Morgan fingerprint density at radius 1 is 1.24 bits per heavy atom. The molecule has 0 saturated carbocycles. The molecule has 7 nitrogen and oxygen atoms in total. The first-order chi connectivity index (χ1) is 9.64. The Morgan fingerprint density at radius 3 is 2.29 bits per heavy atom. The van der Waals surface area contributed by atoms with Gasteiger partial charge in [0.05, 0.1) is 11.4 Å². The number of carbonyl (C=O) groups excluding carboxylic acids is 2. The van der Waals surface area contributed by atoms with Crippen molar-refractivity contribution in [3.63, 3.8) is 0 Å². The van der Waals surface area contributed by atoms with E-state index in [0.29, 0.717) is 16.8 Å². The SMILES string of the molecule is Cc1cc(N)cc(C)c1S(=O)(=O)N1CC(=O)NC(=O)C1C. The van der Waals surface area contributed by atoms with Crippen molar-refractivity contribution in [3.8, 4) is 0 Å². The van der Waals surface area contributed by atoms with Crippen LogP contribution in [0.25, 0.3) is 0 Å². The molecule has 8 heteroatoms. The van der Waals surface area contributed by atoms with E-state index in [-0.39, 0.29) is 11.4 Å². The lowest BCUT2D eigenvalue weighted by molar-refractivity contribution is -0.136. The van der Waals surface area contributed by atoms with Gasteiger partial charge in [-0.2, -0.15) is 4.31 Å². The standard InChI is InChI=1S/C13H17N3O4S/c1-7-4-10(14)5-8(2)12(7)21(19,20)16-6-11(17)15-13(18)9(16)3/h4-5,9H,6,14H2,1-3H3,(H,15,17,18). The van der Waals surface area contributed by atoms with Crippen molar-refractivity contribution in [2.45, 2.75) is 31.7 Å². The number of hydrogen-bond donors (Lipinski definition) is 2. The number of nitrogen functional groups attached to an aromatic ring is 1. The molecule has 1 aliphatic heterocycles. The van der Waals surface area contributed by atoms with E-state index >= 15 is 0 Å². The Labute approximate surface area is 123 Å². The van der Waals surface area contributed by atoms with E-state index < -0.39 is 27.9 Å². The summed E-state index contributed by atoms with van der Waals surface area (Å²) in [6, 6.07) is 2.16. The zero-order chi connectivity index (χ0) is 15.9. The van der Waals surface area contributed by atoms with Crippen LogP contribution in [-0.4, -0.2) is 37.1 Å². The van der Waals surface area contributed by atoms with E-state index in [0.717, 1.165) is 4.31 Å². The second-order valence-corrected chi connectivity index (χ2v) is 6.95. The molecule has 1 saturated heterocycles. The first-order valence-electron chi connectivity index (χ1n) is 6.37. The monoisotopic (exact) mass is 311 g/mol. The average molecular weight is 311 g/mol. The van der Waals surface area contributed by atoms with E-state index in [9.17, 15) is 18.0 Å². The first kappa shape index (κ1) is 15.5. The third-order valence-electron chi connectivity index (χ3n) is 3.42. The highest BCUT2D eigenvalue weighted by Gasteiger charge is 2.40. The van der Waals surface area contributed by atoms with Crippen LogP contribution in [0.15, 0.2) is 17.0 Å². The van der Waals surface area contributed by atoms with Crippen molar-refractivity contribution in [1.82, 2.24) is 9.62 Å². The quantitative estimate of drug-likeness (QED) is 0.586. The molecule has 1 heterocycles. The molecule has 0 bridgehead atoms. The predicted octanol–water partition coefficient (Wildman–Crippen LogP) is -0.0788. The summed E-state index contributed by atoms with van der Waals surface area (Å²) in [4.78, 5) is 23.2. The number of aryl methyl sites for hydroxylation is 2. The number of carbonyl (C=O) groups is 2. The van der Waals surface area contributed by atoms with Crippen molar-refractivity contribution in [2.75, 3.05) is 12.3 Å². The number of amides is 2. The number of imide groups is 1. The fraction of sp³-hybridized carbons (Fsp3) is 0.385. The van der Waals surface area contributed by atoms with Crippen molar-refractivity contribution in [1.29, 1.82) is 0 Å². The topological polar surface area (TPSA) is 110 Å². The van der Waals surface area contributed by atoms with Crippen LogP contribution in [0.5, 0.6) is 0 Å². The molecule has 0 aliphatic carbocycles. The molecular weight excluding hydrogens is 294 g/mol. The van der Waals surface area contributed by atoms with Gasteiger partial charge < -0.3 is 5.73 Å². The predicted molar refractivity (Wildman–Crippen MR) is 76.8 cm³/mol. The largest absolute Gasteiger partial charge is 0.399 e. The van der Waals surface area contributed by atoms with Crippen molar-refractivity contribution >= 4 is 27.5 Å². The number of piperazine rings is 1. The van der Waals surface area contributed by atoms with E-state index in [4.69, 9.17) is 5.73 Å². The normalized spacial score (nSPS) is 20.4. The molecule has 114 valence electrons. The van der Waals surface area contributed by atoms with E-state index in [1.807, 2.05) is 0 Å². The van der Waals surface area contributed by atoms with Crippen LogP contribution in [0.4, 0.5) is 5.69 Å². The Kier molecular flexibility index (Phi) is 3.77. The molecule has 0 radical (unpaired) electrons. The molecule has 1 aliphatic rings. The van der Waals surface area contributed by atoms with Crippen molar-refractivity contribution < 1.29 is 18.0 Å². The molecule has 1 unspecified atom stereocenters. The lowest BCUT2D eigenvalue weighted by Gasteiger charge is -2.31. The lowest BCUT2D eigenvalue weighted by Crippen LogP contribution is -2.58. The van der Waals surface area contributed by atoms with Gasteiger partial charge in [0.1, 0.15) is 6.04 Å². The van der Waals surface area contributed by atoms with Gasteiger partial charge in [0.15, 0.2) is 0 Å². The maximum Gasteiger partial charge on any atom is 0.244 e. The van der Waals surface area contributed by atoms with Gasteiger partial charge in [0.2, 0.25) is 21.8 Å². The summed E-state index contributed by atoms with van der Waals surface area (Å²) in [5.74, 6) is -1.26. The average Bonchev–Trinajstić information content (AvgIpc) is 2.31. The lowest BCUT2D eigenvalue weighted by atomic mass is 10.1. The molecule has 1 aromatic rings. The Hall–Kier alpha value is -1.93. The van der Waals surface area contributed by atoms with Gasteiger partial charge in [-0.3, -0.25) is 14.9 Å². The van der Waals surface area contributed by atoms with Gasteiger partial charge >= 0.3 is 0 Å². The molecule has 1 atom stereocenters. The number of nitrogens with one attached hydrogen (secondary N) is 1. The highest BCUT2D eigenvalue weighted by atomic mass is 32.2. The summed E-state index contributed by atoms with van der Waals surface area (Å²) in [6.07, 6.45) is 0. The molecule has 3 N–H and O–H groups in total. The molecule has 0 aromatic heterocycles.